The minimum absolute atomic E-state index is 0.0265. The lowest BCUT2D eigenvalue weighted by Crippen LogP contribution is -2.53. The average molecular weight is 459 g/mol. The van der Waals surface area contributed by atoms with Gasteiger partial charge in [-0.3, -0.25) is 0 Å². The van der Waals surface area contributed by atoms with E-state index in [2.05, 4.69) is 0 Å². The number of hydrogen-bond acceptors (Lipinski definition) is 2. The minimum Gasteiger partial charge on any atom is -0.207 e. The Hall–Kier alpha value is -0.780. The van der Waals surface area contributed by atoms with Crippen molar-refractivity contribution in [2.75, 3.05) is 6.54 Å². The number of sulfonamides is 1. The maximum absolute atomic E-state index is 13.6. The van der Waals surface area contributed by atoms with Gasteiger partial charge < -0.3 is 0 Å². The van der Waals surface area contributed by atoms with E-state index in [0.29, 0.717) is 23.0 Å². The van der Waals surface area contributed by atoms with Crippen LogP contribution in [0.3, 0.4) is 0 Å². The summed E-state index contributed by atoms with van der Waals surface area (Å²) in [4.78, 5) is -0.138. The minimum atomic E-state index is -3.71. The molecule has 1 aliphatic heterocycles. The van der Waals surface area contributed by atoms with Crippen LogP contribution >= 0.6 is 34.8 Å². The second-order valence-corrected chi connectivity index (χ2v) is 11.2. The van der Waals surface area contributed by atoms with Gasteiger partial charge in [0.15, 0.2) is 0 Å². The molecule has 4 rings (SSSR count). The second-order valence-electron chi connectivity index (χ2n) is 7.67. The third kappa shape index (κ3) is 3.59. The summed E-state index contributed by atoms with van der Waals surface area (Å²) in [6.45, 7) is 0.376. The molecule has 3 atom stereocenters. The number of alkyl halides is 1. The molecule has 3 unspecified atom stereocenters. The summed E-state index contributed by atoms with van der Waals surface area (Å²) >= 11 is 19.6. The first-order chi connectivity index (χ1) is 13.3. The van der Waals surface area contributed by atoms with Crippen LogP contribution in [-0.4, -0.2) is 24.1 Å². The van der Waals surface area contributed by atoms with Crippen molar-refractivity contribution >= 4 is 44.8 Å². The molecule has 2 aromatic rings. The van der Waals surface area contributed by atoms with Crippen molar-refractivity contribution in [1.82, 2.24) is 4.31 Å². The molecular weight excluding hydrogens is 437 g/mol. The fourth-order valence-electron chi connectivity index (χ4n) is 4.71. The highest BCUT2D eigenvalue weighted by atomic mass is 35.5. The lowest BCUT2D eigenvalue weighted by Gasteiger charge is -2.51. The highest BCUT2D eigenvalue weighted by molar-refractivity contribution is 7.89. The van der Waals surface area contributed by atoms with Crippen molar-refractivity contribution < 1.29 is 8.42 Å². The molecule has 2 aromatic carbocycles. The number of rotatable bonds is 3. The van der Waals surface area contributed by atoms with Gasteiger partial charge >= 0.3 is 0 Å². The van der Waals surface area contributed by atoms with Gasteiger partial charge in [0.1, 0.15) is 0 Å². The van der Waals surface area contributed by atoms with Gasteiger partial charge in [0.25, 0.3) is 0 Å². The lowest BCUT2D eigenvalue weighted by molar-refractivity contribution is 0.0934. The molecule has 1 saturated heterocycles. The smallest absolute Gasteiger partial charge is 0.207 e. The van der Waals surface area contributed by atoms with E-state index in [1.807, 2.05) is 24.3 Å². The zero-order valence-electron chi connectivity index (χ0n) is 15.3. The molecule has 0 amide bonds. The van der Waals surface area contributed by atoms with Gasteiger partial charge in [-0.15, -0.1) is 11.6 Å². The summed E-state index contributed by atoms with van der Waals surface area (Å²) in [5.74, 6) is 0.0265. The van der Waals surface area contributed by atoms with Gasteiger partial charge in [0.05, 0.1) is 15.8 Å². The van der Waals surface area contributed by atoms with Crippen LogP contribution in [0.5, 0.6) is 0 Å². The second kappa shape index (κ2) is 7.81. The molecule has 0 aromatic heterocycles. The van der Waals surface area contributed by atoms with E-state index in [0.717, 1.165) is 31.2 Å². The molecule has 1 saturated carbocycles. The first-order valence-corrected chi connectivity index (χ1v) is 12.1. The third-order valence-corrected chi connectivity index (χ3v) is 9.25. The molecule has 7 heteroatoms. The Morgan fingerprint density at radius 2 is 1.68 bits per heavy atom. The average Bonchev–Trinajstić information content (AvgIpc) is 2.67. The number of hydrogen-bond donors (Lipinski definition) is 0. The van der Waals surface area contributed by atoms with Crippen molar-refractivity contribution in [2.24, 2.45) is 5.92 Å². The lowest BCUT2D eigenvalue weighted by atomic mass is 9.69. The van der Waals surface area contributed by atoms with Crippen molar-refractivity contribution in [3.63, 3.8) is 0 Å². The maximum atomic E-state index is 13.6. The van der Waals surface area contributed by atoms with Gasteiger partial charge in [-0.25, -0.2) is 8.42 Å². The summed E-state index contributed by atoms with van der Waals surface area (Å²) in [5, 5.41) is 1.09. The predicted octanol–water partition coefficient (Wildman–Crippen LogP) is 6.30. The van der Waals surface area contributed by atoms with Crippen molar-refractivity contribution in [1.29, 1.82) is 0 Å². The molecule has 2 aliphatic rings. The molecule has 28 heavy (non-hydrogen) atoms. The van der Waals surface area contributed by atoms with Crippen LogP contribution < -0.4 is 0 Å². The quantitative estimate of drug-likeness (QED) is 0.506. The van der Waals surface area contributed by atoms with Gasteiger partial charge in [-0.1, -0.05) is 54.2 Å². The van der Waals surface area contributed by atoms with Gasteiger partial charge in [-0.2, -0.15) is 4.31 Å². The number of nitrogens with zero attached hydrogens (tertiary/aromatic N) is 1. The third-order valence-electron chi connectivity index (χ3n) is 6.11. The predicted molar refractivity (Wildman–Crippen MR) is 115 cm³/mol. The Kier molecular flexibility index (Phi) is 5.71. The van der Waals surface area contributed by atoms with Crippen LogP contribution in [0, 0.1) is 5.92 Å². The summed E-state index contributed by atoms with van der Waals surface area (Å²) in [6, 6.07) is 13.5. The Morgan fingerprint density at radius 1 is 0.964 bits per heavy atom. The Labute approximate surface area is 181 Å². The molecule has 2 fully saturated rings. The Morgan fingerprint density at radius 3 is 2.39 bits per heavy atom. The number of benzene rings is 2. The van der Waals surface area contributed by atoms with Crippen molar-refractivity contribution in [3.05, 3.63) is 64.1 Å². The highest BCUT2D eigenvalue weighted by Crippen LogP contribution is 2.54. The number of halogens is 3. The number of fused-ring (bicyclic) bond motifs is 1. The van der Waals surface area contributed by atoms with Gasteiger partial charge in [-0.05, 0) is 61.1 Å². The fraction of sp³-hybridized carbons (Fsp3) is 0.429. The van der Waals surface area contributed by atoms with E-state index < -0.39 is 10.0 Å². The van der Waals surface area contributed by atoms with Crippen molar-refractivity contribution in [2.45, 2.75) is 47.9 Å². The Balaban J connectivity index is 1.83. The highest BCUT2D eigenvalue weighted by Gasteiger charge is 2.52. The van der Waals surface area contributed by atoms with E-state index in [4.69, 9.17) is 34.8 Å². The SMILES string of the molecule is O=S(=O)(c1ccc(Cl)cc1)N1CCC2(Cl)CCCCC2C1c1ccccc1Cl. The molecule has 150 valence electrons. The molecular formula is C21H22Cl3NO2S. The largest absolute Gasteiger partial charge is 0.243 e. The fourth-order valence-corrected chi connectivity index (χ4v) is 7.17. The first kappa shape index (κ1) is 20.5. The molecule has 1 heterocycles. The molecule has 0 spiro atoms. The topological polar surface area (TPSA) is 37.4 Å². The summed E-state index contributed by atoms with van der Waals surface area (Å²) in [5.41, 5.74) is 0.832. The van der Waals surface area contributed by atoms with Crippen LogP contribution in [-0.2, 0) is 10.0 Å². The normalized spacial score (nSPS) is 28.7. The Bertz CT molecular complexity index is 964. The zero-order valence-corrected chi connectivity index (χ0v) is 18.4. The monoisotopic (exact) mass is 457 g/mol. The van der Waals surface area contributed by atoms with E-state index in [9.17, 15) is 8.42 Å². The summed E-state index contributed by atoms with van der Waals surface area (Å²) in [6.07, 6.45) is 4.59. The van der Waals surface area contributed by atoms with E-state index in [-0.39, 0.29) is 21.7 Å². The first-order valence-electron chi connectivity index (χ1n) is 9.54. The van der Waals surface area contributed by atoms with Crippen LogP contribution in [0.15, 0.2) is 53.4 Å². The van der Waals surface area contributed by atoms with E-state index in [1.54, 1.807) is 28.6 Å². The van der Waals surface area contributed by atoms with E-state index >= 15 is 0 Å². The van der Waals surface area contributed by atoms with Gasteiger partial charge in [0, 0.05) is 16.6 Å². The van der Waals surface area contributed by atoms with Crippen molar-refractivity contribution in [3.8, 4) is 0 Å². The summed E-state index contributed by atoms with van der Waals surface area (Å²) < 4.78 is 28.7. The molecule has 0 N–H and O–H groups in total. The molecule has 3 nitrogen and oxygen atoms in total. The van der Waals surface area contributed by atoms with Crippen LogP contribution in [0.25, 0.3) is 0 Å². The standard InChI is InChI=1S/C21H22Cl3NO2S/c22-15-8-10-16(11-9-15)28(26,27)25-14-13-21(24)12-4-3-6-18(21)20(25)17-5-1-2-7-19(17)23/h1-2,5,7-11,18,20H,3-4,6,12-14H2. The molecule has 0 bridgehead atoms. The van der Waals surface area contributed by atoms with Crippen LogP contribution in [0.4, 0.5) is 0 Å². The summed E-state index contributed by atoms with van der Waals surface area (Å²) in [7, 11) is -3.71. The molecule has 1 aliphatic carbocycles. The van der Waals surface area contributed by atoms with E-state index in [1.165, 1.54) is 0 Å². The number of piperidine rings is 1. The zero-order chi connectivity index (χ0) is 19.9. The van der Waals surface area contributed by atoms with Crippen LogP contribution in [0.1, 0.15) is 43.7 Å². The molecule has 0 radical (unpaired) electrons. The maximum Gasteiger partial charge on any atom is 0.243 e. The van der Waals surface area contributed by atoms with Crippen LogP contribution in [0.2, 0.25) is 10.0 Å². The van der Waals surface area contributed by atoms with Gasteiger partial charge in [0.2, 0.25) is 10.0 Å².